The molecule has 2 aromatic carbocycles. The van der Waals surface area contributed by atoms with Gasteiger partial charge < -0.3 is 24.3 Å². The van der Waals surface area contributed by atoms with Gasteiger partial charge in [-0.3, -0.25) is 9.59 Å². The highest BCUT2D eigenvalue weighted by molar-refractivity contribution is 6.07. The molecule has 37 heavy (non-hydrogen) atoms. The number of aromatic nitrogens is 1. The molecule has 0 aliphatic rings. The molecule has 0 spiro atoms. The number of methoxy groups -OCH3 is 2. The number of aromatic amines is 1. The summed E-state index contributed by atoms with van der Waals surface area (Å²) in [5, 5.41) is 9.38. The second-order valence-electron chi connectivity index (χ2n) is 8.56. The summed E-state index contributed by atoms with van der Waals surface area (Å²) in [5.41, 5.74) is 2.57. The van der Waals surface area contributed by atoms with E-state index in [1.807, 2.05) is 68.5 Å². The first-order chi connectivity index (χ1) is 17.9. The van der Waals surface area contributed by atoms with Gasteiger partial charge in [-0.05, 0) is 54.8 Å². The highest BCUT2D eigenvalue weighted by Crippen LogP contribution is 2.32. The van der Waals surface area contributed by atoms with Gasteiger partial charge in [0.05, 0.1) is 14.2 Å². The molecule has 0 aliphatic carbocycles. The summed E-state index contributed by atoms with van der Waals surface area (Å²) in [6.45, 7) is 4.27. The van der Waals surface area contributed by atoms with E-state index in [4.69, 9.17) is 14.2 Å². The van der Waals surface area contributed by atoms with Crippen LogP contribution in [0.25, 0.3) is 11.1 Å². The van der Waals surface area contributed by atoms with E-state index in [2.05, 4.69) is 4.98 Å². The van der Waals surface area contributed by atoms with Crippen molar-refractivity contribution in [2.45, 2.75) is 26.9 Å². The number of pyridine rings is 1. The van der Waals surface area contributed by atoms with Crippen LogP contribution in [0.15, 0.2) is 83.3 Å². The quantitative estimate of drug-likeness (QED) is 0.197. The Kier molecular flexibility index (Phi) is 9.86. The van der Waals surface area contributed by atoms with Crippen LogP contribution >= 0.6 is 0 Å². The van der Waals surface area contributed by atoms with Crippen LogP contribution in [0.4, 0.5) is 0 Å². The molecule has 0 radical (unpaired) electrons. The van der Waals surface area contributed by atoms with Gasteiger partial charge in [0.15, 0.2) is 5.78 Å². The minimum Gasteiger partial charge on any atom is -0.497 e. The molecular formula is C30H33NO6. The molecule has 194 valence electrons. The minimum absolute atomic E-state index is 0.0178. The van der Waals surface area contributed by atoms with Crippen molar-refractivity contribution in [3.8, 4) is 28.4 Å². The molecule has 0 saturated carbocycles. The van der Waals surface area contributed by atoms with Crippen LogP contribution in [0.5, 0.6) is 17.2 Å². The number of allylic oxidation sites excluding steroid dienone is 3. The number of carbonyl (C=O) groups excluding carboxylic acids is 1. The first-order valence-electron chi connectivity index (χ1n) is 12.1. The maximum absolute atomic E-state index is 13.0. The van der Waals surface area contributed by atoms with Crippen molar-refractivity contribution in [2.75, 3.05) is 20.8 Å². The molecule has 0 amide bonds. The van der Waals surface area contributed by atoms with E-state index < -0.39 is 11.3 Å². The lowest BCUT2D eigenvalue weighted by Gasteiger charge is -2.12. The fraction of sp³-hybridized carbons (Fsp3) is 0.267. The number of benzene rings is 2. The first-order valence-corrected chi connectivity index (χ1v) is 12.1. The predicted octanol–water partition coefficient (Wildman–Crippen LogP) is 5.34. The summed E-state index contributed by atoms with van der Waals surface area (Å²) in [6, 6.07) is 15.0. The molecule has 0 fully saturated rings. The first kappa shape index (κ1) is 27.5. The van der Waals surface area contributed by atoms with Crippen molar-refractivity contribution < 1.29 is 24.1 Å². The van der Waals surface area contributed by atoms with Crippen LogP contribution in [0, 0.1) is 5.92 Å². The van der Waals surface area contributed by atoms with E-state index in [-0.39, 0.29) is 23.8 Å². The second kappa shape index (κ2) is 13.3. The Morgan fingerprint density at radius 2 is 1.68 bits per heavy atom. The lowest BCUT2D eigenvalue weighted by molar-refractivity contribution is 0.104. The summed E-state index contributed by atoms with van der Waals surface area (Å²) >= 11 is 0. The Hall–Kier alpha value is -4.10. The topological polar surface area (TPSA) is 97.9 Å². The molecule has 1 atom stereocenters. The van der Waals surface area contributed by atoms with Gasteiger partial charge >= 0.3 is 0 Å². The van der Waals surface area contributed by atoms with Crippen LogP contribution in [-0.4, -0.2) is 36.7 Å². The van der Waals surface area contributed by atoms with Crippen molar-refractivity contribution in [1.82, 2.24) is 4.98 Å². The van der Waals surface area contributed by atoms with Crippen molar-refractivity contribution in [3.63, 3.8) is 0 Å². The summed E-state index contributed by atoms with van der Waals surface area (Å²) < 4.78 is 16.6. The molecule has 0 unspecified atom stereocenters. The largest absolute Gasteiger partial charge is 0.497 e. The standard InChI is InChI=1S/C30H33NO6/c1-5-21(18-32)16-20(2)6-15-27(33)28-29(36-4)26(17-31-30(28)34)23-9-13-25(14-10-23)37-19-22-7-11-24(35-3)12-8-22/h6-17,21,32H,5,18-19H2,1-4H3,(H,31,34)/b15-6+,20-16+/t21-/m1/s1. The summed E-state index contributed by atoms with van der Waals surface area (Å²) in [5.74, 6) is 1.22. The average molecular weight is 504 g/mol. The van der Waals surface area contributed by atoms with Gasteiger partial charge in [0.1, 0.15) is 29.4 Å². The number of hydrogen-bond acceptors (Lipinski definition) is 6. The maximum Gasteiger partial charge on any atom is 0.263 e. The lowest BCUT2D eigenvalue weighted by Crippen LogP contribution is -2.18. The monoisotopic (exact) mass is 503 g/mol. The van der Waals surface area contributed by atoms with Gasteiger partial charge in [0.25, 0.3) is 5.56 Å². The Morgan fingerprint density at radius 3 is 2.27 bits per heavy atom. The molecule has 2 N–H and O–H groups in total. The van der Waals surface area contributed by atoms with Gasteiger partial charge in [0.2, 0.25) is 0 Å². The number of rotatable bonds is 12. The fourth-order valence-electron chi connectivity index (χ4n) is 3.80. The van der Waals surface area contributed by atoms with E-state index in [1.54, 1.807) is 13.2 Å². The smallest absolute Gasteiger partial charge is 0.263 e. The van der Waals surface area contributed by atoms with E-state index in [9.17, 15) is 14.7 Å². The highest BCUT2D eigenvalue weighted by Gasteiger charge is 2.20. The van der Waals surface area contributed by atoms with Gasteiger partial charge in [-0.2, -0.15) is 0 Å². The maximum atomic E-state index is 13.0. The van der Waals surface area contributed by atoms with Crippen molar-refractivity contribution in [1.29, 1.82) is 0 Å². The number of aliphatic hydroxyl groups excluding tert-OH is 1. The number of carbonyl (C=O) groups is 1. The molecule has 0 aliphatic heterocycles. The Balaban J connectivity index is 1.80. The average Bonchev–Trinajstić information content (AvgIpc) is 2.93. The van der Waals surface area contributed by atoms with E-state index >= 15 is 0 Å². The van der Waals surface area contributed by atoms with Crippen molar-refractivity contribution in [2.24, 2.45) is 5.92 Å². The van der Waals surface area contributed by atoms with E-state index in [0.717, 1.165) is 28.9 Å². The number of ether oxygens (including phenoxy) is 3. The lowest BCUT2D eigenvalue weighted by atomic mass is 10.0. The Labute approximate surface area is 217 Å². The molecule has 3 rings (SSSR count). The molecule has 1 aromatic heterocycles. The van der Waals surface area contributed by atoms with Gasteiger partial charge in [-0.15, -0.1) is 0 Å². The molecule has 0 saturated heterocycles. The zero-order valence-corrected chi connectivity index (χ0v) is 21.6. The molecule has 7 nitrogen and oxygen atoms in total. The minimum atomic E-state index is -0.530. The van der Waals surface area contributed by atoms with Crippen molar-refractivity contribution >= 4 is 5.78 Å². The third-order valence-corrected chi connectivity index (χ3v) is 5.98. The molecule has 0 bridgehead atoms. The Bertz CT molecular complexity index is 1300. The molecule has 7 heteroatoms. The molecule has 1 heterocycles. The number of ketones is 1. The van der Waals surface area contributed by atoms with Crippen LogP contribution in [0.2, 0.25) is 0 Å². The van der Waals surface area contributed by atoms with Gasteiger partial charge in [0, 0.05) is 24.3 Å². The van der Waals surface area contributed by atoms with E-state index in [0.29, 0.717) is 17.9 Å². The zero-order chi connectivity index (χ0) is 26.8. The zero-order valence-electron chi connectivity index (χ0n) is 21.6. The van der Waals surface area contributed by atoms with Crippen LogP contribution in [0.3, 0.4) is 0 Å². The molecule has 3 aromatic rings. The van der Waals surface area contributed by atoms with Crippen LogP contribution in [0.1, 0.15) is 36.2 Å². The van der Waals surface area contributed by atoms with Crippen LogP contribution < -0.4 is 19.8 Å². The number of hydrogen-bond donors (Lipinski definition) is 2. The summed E-state index contributed by atoms with van der Waals surface area (Å²) in [7, 11) is 3.06. The normalized spacial score (nSPS) is 12.4. The number of H-pyrrole nitrogens is 1. The number of aliphatic hydroxyl groups is 1. The van der Waals surface area contributed by atoms with E-state index in [1.165, 1.54) is 19.4 Å². The molecular weight excluding hydrogens is 470 g/mol. The third-order valence-electron chi connectivity index (χ3n) is 5.98. The summed E-state index contributed by atoms with van der Waals surface area (Å²) in [6.07, 6.45) is 7.22. The predicted molar refractivity (Wildman–Crippen MR) is 144 cm³/mol. The summed E-state index contributed by atoms with van der Waals surface area (Å²) in [4.78, 5) is 28.2. The highest BCUT2D eigenvalue weighted by atomic mass is 16.5. The second-order valence-corrected chi connectivity index (χ2v) is 8.56. The van der Waals surface area contributed by atoms with Crippen molar-refractivity contribution in [3.05, 3.63) is 100 Å². The fourth-order valence-corrected chi connectivity index (χ4v) is 3.80. The van der Waals surface area contributed by atoms with Crippen LogP contribution in [-0.2, 0) is 6.61 Å². The van der Waals surface area contributed by atoms with Gasteiger partial charge in [-0.25, -0.2) is 0 Å². The SMILES string of the molecule is CC[C@H](/C=C(C)/C=C/C(=O)c1c(OC)c(-c2ccc(OCc3ccc(OC)cc3)cc2)c[nH]c1=O)CO. The Morgan fingerprint density at radius 1 is 1.00 bits per heavy atom. The number of nitrogens with one attached hydrogen (secondary N) is 1. The van der Waals surface area contributed by atoms with Gasteiger partial charge in [-0.1, -0.05) is 48.9 Å². The third kappa shape index (κ3) is 7.21.